The summed E-state index contributed by atoms with van der Waals surface area (Å²) in [5, 5.41) is 3.08. The Morgan fingerprint density at radius 1 is 1.07 bits per heavy atom. The summed E-state index contributed by atoms with van der Waals surface area (Å²) in [6.45, 7) is 6.01. The topological polar surface area (TPSA) is 40.5 Å². The highest BCUT2D eigenvalue weighted by Gasteiger charge is 2.29. The third-order valence-electron chi connectivity index (χ3n) is 6.34. The van der Waals surface area contributed by atoms with Crippen molar-refractivity contribution in [2.45, 2.75) is 38.6 Å². The SMILES string of the molecule is CC1CCN(c2ccc(NC(=O)CN3CCC[C@@H]3c3cccn3C)cc2)CC1. The molecule has 0 radical (unpaired) electrons. The van der Waals surface area contributed by atoms with Gasteiger partial charge in [0.2, 0.25) is 5.91 Å². The minimum atomic E-state index is 0.0701. The average molecular weight is 381 g/mol. The Labute approximate surface area is 168 Å². The number of benzene rings is 1. The molecule has 2 aliphatic rings. The number of carbonyl (C=O) groups excluding carboxylic acids is 1. The lowest BCUT2D eigenvalue weighted by Gasteiger charge is -2.32. The lowest BCUT2D eigenvalue weighted by atomic mass is 9.99. The molecule has 4 rings (SSSR count). The van der Waals surface area contributed by atoms with Gasteiger partial charge >= 0.3 is 0 Å². The molecule has 0 saturated carbocycles. The second-order valence-corrected chi connectivity index (χ2v) is 8.44. The number of anilines is 2. The quantitative estimate of drug-likeness (QED) is 0.851. The number of amides is 1. The number of hydrogen-bond acceptors (Lipinski definition) is 3. The smallest absolute Gasteiger partial charge is 0.238 e. The molecule has 0 spiro atoms. The van der Waals surface area contributed by atoms with E-state index in [1.807, 2.05) is 12.1 Å². The van der Waals surface area contributed by atoms with Gasteiger partial charge in [-0.25, -0.2) is 0 Å². The first-order valence-electron chi connectivity index (χ1n) is 10.6. The van der Waals surface area contributed by atoms with Crippen LogP contribution in [0, 0.1) is 5.92 Å². The first kappa shape index (κ1) is 19.1. The Kier molecular flexibility index (Phi) is 5.72. The Morgan fingerprint density at radius 2 is 1.82 bits per heavy atom. The fourth-order valence-electron chi connectivity index (χ4n) is 4.58. The van der Waals surface area contributed by atoms with E-state index < -0.39 is 0 Å². The molecule has 0 unspecified atom stereocenters. The predicted molar refractivity (Wildman–Crippen MR) is 115 cm³/mol. The zero-order valence-corrected chi connectivity index (χ0v) is 17.1. The van der Waals surface area contributed by atoms with E-state index in [1.54, 1.807) is 0 Å². The first-order chi connectivity index (χ1) is 13.6. The molecule has 5 nitrogen and oxygen atoms in total. The molecule has 1 aromatic carbocycles. The van der Waals surface area contributed by atoms with Gasteiger partial charge in [-0.05, 0) is 74.5 Å². The highest BCUT2D eigenvalue weighted by atomic mass is 16.2. The molecule has 28 heavy (non-hydrogen) atoms. The minimum absolute atomic E-state index is 0.0701. The molecular weight excluding hydrogens is 348 g/mol. The van der Waals surface area contributed by atoms with Gasteiger partial charge in [-0.15, -0.1) is 0 Å². The largest absolute Gasteiger partial charge is 0.372 e. The number of aromatic nitrogens is 1. The van der Waals surface area contributed by atoms with Crippen molar-refractivity contribution in [3.63, 3.8) is 0 Å². The zero-order valence-electron chi connectivity index (χ0n) is 17.1. The highest BCUT2D eigenvalue weighted by molar-refractivity contribution is 5.92. The normalized spacial score (nSPS) is 21.2. The molecule has 0 bridgehead atoms. The van der Waals surface area contributed by atoms with Gasteiger partial charge in [0, 0.05) is 43.4 Å². The highest BCUT2D eigenvalue weighted by Crippen LogP contribution is 2.31. The number of piperidine rings is 1. The van der Waals surface area contributed by atoms with Gasteiger partial charge in [0.05, 0.1) is 12.6 Å². The summed E-state index contributed by atoms with van der Waals surface area (Å²) >= 11 is 0. The number of nitrogens with zero attached hydrogens (tertiary/aromatic N) is 3. The molecule has 2 aliphatic heterocycles. The van der Waals surface area contributed by atoms with Crippen molar-refractivity contribution in [2.75, 3.05) is 36.4 Å². The number of carbonyl (C=O) groups is 1. The van der Waals surface area contributed by atoms with Crippen LogP contribution >= 0.6 is 0 Å². The van der Waals surface area contributed by atoms with Crippen LogP contribution in [0.5, 0.6) is 0 Å². The molecule has 5 heteroatoms. The van der Waals surface area contributed by atoms with E-state index in [-0.39, 0.29) is 5.91 Å². The van der Waals surface area contributed by atoms with Crippen LogP contribution in [-0.4, -0.2) is 41.6 Å². The van der Waals surface area contributed by atoms with Crippen molar-refractivity contribution in [2.24, 2.45) is 13.0 Å². The zero-order chi connectivity index (χ0) is 19.5. The van der Waals surface area contributed by atoms with Crippen LogP contribution < -0.4 is 10.2 Å². The van der Waals surface area contributed by atoms with Crippen LogP contribution in [0.25, 0.3) is 0 Å². The second-order valence-electron chi connectivity index (χ2n) is 8.44. The van der Waals surface area contributed by atoms with Gasteiger partial charge in [0.1, 0.15) is 0 Å². The van der Waals surface area contributed by atoms with E-state index in [4.69, 9.17) is 0 Å². The molecular formula is C23H32N4O. The average Bonchev–Trinajstić information content (AvgIpc) is 3.31. The number of rotatable bonds is 5. The number of aryl methyl sites for hydroxylation is 1. The Balaban J connectivity index is 1.33. The lowest BCUT2D eigenvalue weighted by Crippen LogP contribution is -2.33. The maximum absolute atomic E-state index is 12.6. The van der Waals surface area contributed by atoms with E-state index >= 15 is 0 Å². The molecule has 3 heterocycles. The monoisotopic (exact) mass is 380 g/mol. The van der Waals surface area contributed by atoms with E-state index in [0.717, 1.165) is 44.1 Å². The maximum Gasteiger partial charge on any atom is 0.238 e. The number of hydrogen-bond donors (Lipinski definition) is 1. The Bertz CT molecular complexity index is 789. The third-order valence-corrected chi connectivity index (χ3v) is 6.34. The van der Waals surface area contributed by atoms with E-state index in [1.165, 1.54) is 24.2 Å². The summed E-state index contributed by atoms with van der Waals surface area (Å²) in [6.07, 6.45) is 6.87. The van der Waals surface area contributed by atoms with Crippen molar-refractivity contribution < 1.29 is 4.79 Å². The Hall–Kier alpha value is -2.27. The molecule has 2 saturated heterocycles. The molecule has 150 valence electrons. The molecule has 0 aliphatic carbocycles. The van der Waals surface area contributed by atoms with Gasteiger partial charge in [-0.3, -0.25) is 9.69 Å². The lowest BCUT2D eigenvalue weighted by molar-refractivity contribution is -0.117. The van der Waals surface area contributed by atoms with Gasteiger partial charge in [-0.1, -0.05) is 6.92 Å². The summed E-state index contributed by atoms with van der Waals surface area (Å²) in [7, 11) is 2.08. The van der Waals surface area contributed by atoms with E-state index in [0.29, 0.717) is 12.6 Å². The maximum atomic E-state index is 12.6. The molecule has 1 atom stereocenters. The molecule has 1 N–H and O–H groups in total. The molecule has 2 fully saturated rings. The number of likely N-dealkylation sites (tertiary alicyclic amines) is 1. The van der Waals surface area contributed by atoms with Crippen molar-refractivity contribution >= 4 is 17.3 Å². The van der Waals surface area contributed by atoms with E-state index in [2.05, 4.69) is 64.1 Å². The Morgan fingerprint density at radius 3 is 2.50 bits per heavy atom. The molecule has 1 aromatic heterocycles. The second kappa shape index (κ2) is 8.39. The van der Waals surface area contributed by atoms with Crippen molar-refractivity contribution in [1.82, 2.24) is 9.47 Å². The predicted octanol–water partition coefficient (Wildman–Crippen LogP) is 4.04. The summed E-state index contributed by atoms with van der Waals surface area (Å²) < 4.78 is 2.17. The number of nitrogens with one attached hydrogen (secondary N) is 1. The minimum Gasteiger partial charge on any atom is -0.372 e. The van der Waals surface area contributed by atoms with Crippen LogP contribution in [0.3, 0.4) is 0 Å². The fraction of sp³-hybridized carbons (Fsp3) is 0.522. The van der Waals surface area contributed by atoms with Gasteiger partial charge in [0.25, 0.3) is 0 Å². The van der Waals surface area contributed by atoms with E-state index in [9.17, 15) is 4.79 Å². The van der Waals surface area contributed by atoms with Crippen molar-refractivity contribution in [3.8, 4) is 0 Å². The van der Waals surface area contributed by atoms with Gasteiger partial charge in [-0.2, -0.15) is 0 Å². The summed E-state index contributed by atoms with van der Waals surface area (Å²) in [5.74, 6) is 0.903. The van der Waals surface area contributed by atoms with Crippen molar-refractivity contribution in [1.29, 1.82) is 0 Å². The van der Waals surface area contributed by atoms with Crippen LogP contribution in [0.2, 0.25) is 0 Å². The van der Waals surface area contributed by atoms with Crippen molar-refractivity contribution in [3.05, 3.63) is 48.3 Å². The molecule has 1 amide bonds. The van der Waals surface area contributed by atoms with Crippen LogP contribution in [0.1, 0.15) is 44.3 Å². The van der Waals surface area contributed by atoms with Gasteiger partial charge in [0.15, 0.2) is 0 Å². The molecule has 2 aromatic rings. The first-order valence-corrected chi connectivity index (χ1v) is 10.6. The van der Waals surface area contributed by atoms with Gasteiger partial charge < -0.3 is 14.8 Å². The fourth-order valence-corrected chi connectivity index (χ4v) is 4.58. The summed E-state index contributed by atoms with van der Waals surface area (Å²) in [4.78, 5) is 17.4. The summed E-state index contributed by atoms with van der Waals surface area (Å²) in [5.41, 5.74) is 3.44. The summed E-state index contributed by atoms with van der Waals surface area (Å²) in [6, 6.07) is 12.9. The standard InChI is InChI=1S/C23H32N4O/c1-18-11-15-26(16-12-18)20-9-7-19(8-10-20)24-23(28)17-27-14-4-6-22(27)21-5-3-13-25(21)2/h3,5,7-10,13,18,22H,4,6,11-12,14-17H2,1-2H3,(H,24,28)/t22-/m1/s1. The van der Waals surface area contributed by atoms with Crippen LogP contribution in [0.4, 0.5) is 11.4 Å². The van der Waals surface area contributed by atoms with Crippen LogP contribution in [0.15, 0.2) is 42.6 Å². The third kappa shape index (κ3) is 4.25. The van der Waals surface area contributed by atoms with Crippen LogP contribution in [-0.2, 0) is 11.8 Å².